The molecule has 0 amide bonds. The molecule has 5 heteroatoms. The van der Waals surface area contributed by atoms with E-state index < -0.39 is 5.60 Å². The zero-order valence-corrected chi connectivity index (χ0v) is 16.7. The minimum atomic E-state index is -1.02. The van der Waals surface area contributed by atoms with Gasteiger partial charge in [-0.2, -0.15) is 0 Å². The van der Waals surface area contributed by atoms with Gasteiger partial charge in [0.15, 0.2) is 5.60 Å². The van der Waals surface area contributed by atoms with Crippen LogP contribution in [0.4, 0.5) is 0 Å². The average Bonchev–Trinajstić information content (AvgIpc) is 2.68. The average molecular weight is 369 g/mol. The van der Waals surface area contributed by atoms with Crippen LogP contribution in [0, 0.1) is 0 Å². The molecule has 1 aromatic carbocycles. The van der Waals surface area contributed by atoms with Crippen molar-refractivity contribution >= 4 is 0 Å². The van der Waals surface area contributed by atoms with Crippen LogP contribution in [0.25, 0.3) is 0 Å². The third-order valence-electron chi connectivity index (χ3n) is 4.28. The topological polar surface area (TPSA) is 57.2 Å². The molecule has 0 saturated carbocycles. The summed E-state index contributed by atoms with van der Waals surface area (Å²) in [6.07, 6.45) is 6.20. The van der Waals surface area contributed by atoms with Crippen LogP contribution in [0.3, 0.4) is 0 Å². The second-order valence-electron chi connectivity index (χ2n) is 6.62. The van der Waals surface area contributed by atoms with Gasteiger partial charge in [-0.1, -0.05) is 52.2 Å². The van der Waals surface area contributed by atoms with Crippen molar-refractivity contribution in [3.8, 4) is 5.75 Å². The maximum Gasteiger partial charge on any atom is 0.174 e. The fraction of sp³-hybridized carbons (Fsp3) is 0.714. The lowest BCUT2D eigenvalue weighted by atomic mass is 9.95. The minimum Gasteiger partial charge on any atom is -0.494 e. The van der Waals surface area contributed by atoms with Crippen molar-refractivity contribution < 1.29 is 24.4 Å². The van der Waals surface area contributed by atoms with Crippen molar-refractivity contribution in [2.75, 3.05) is 33.0 Å². The summed E-state index contributed by atoms with van der Waals surface area (Å²) in [5.74, 6) is 0.813. The summed E-state index contributed by atoms with van der Waals surface area (Å²) in [5.41, 5.74) is -0.209. The van der Waals surface area contributed by atoms with Gasteiger partial charge in [-0.15, -0.1) is 0 Å². The van der Waals surface area contributed by atoms with Gasteiger partial charge in [0, 0.05) is 13.2 Å². The first-order valence-electron chi connectivity index (χ1n) is 9.93. The molecule has 0 unspecified atom stereocenters. The molecule has 0 bridgehead atoms. The van der Waals surface area contributed by atoms with Crippen LogP contribution >= 0.6 is 0 Å². The van der Waals surface area contributed by atoms with E-state index in [0.29, 0.717) is 19.8 Å². The van der Waals surface area contributed by atoms with Crippen molar-refractivity contribution in [2.45, 2.75) is 64.9 Å². The minimum absolute atomic E-state index is 0.242. The molecule has 0 aromatic heterocycles. The molecule has 26 heavy (non-hydrogen) atoms. The van der Waals surface area contributed by atoms with Crippen molar-refractivity contribution in [3.05, 3.63) is 29.8 Å². The van der Waals surface area contributed by atoms with E-state index in [4.69, 9.17) is 19.1 Å². The lowest BCUT2D eigenvalue weighted by Crippen LogP contribution is -2.39. The van der Waals surface area contributed by atoms with Gasteiger partial charge in [-0.3, -0.25) is 5.26 Å². The highest BCUT2D eigenvalue weighted by Crippen LogP contribution is 2.28. The maximum absolute atomic E-state index is 9.69. The van der Waals surface area contributed by atoms with E-state index >= 15 is 0 Å². The number of hydrogen-bond acceptors (Lipinski definition) is 5. The zero-order chi connectivity index (χ0) is 19.1. The molecular formula is C21H36O5. The molecule has 150 valence electrons. The van der Waals surface area contributed by atoms with Gasteiger partial charge in [0.25, 0.3) is 0 Å². The van der Waals surface area contributed by atoms with E-state index in [1.807, 2.05) is 24.3 Å². The monoisotopic (exact) mass is 368 g/mol. The van der Waals surface area contributed by atoms with E-state index in [0.717, 1.165) is 49.8 Å². The van der Waals surface area contributed by atoms with Gasteiger partial charge >= 0.3 is 0 Å². The Morgan fingerprint density at radius 2 is 1.27 bits per heavy atom. The second kappa shape index (κ2) is 14.0. The first-order chi connectivity index (χ1) is 12.7. The maximum atomic E-state index is 9.69. The van der Waals surface area contributed by atoms with Crippen molar-refractivity contribution in [2.24, 2.45) is 0 Å². The Labute approximate surface area is 158 Å². The van der Waals surface area contributed by atoms with E-state index in [1.54, 1.807) is 0 Å². The highest BCUT2D eigenvalue weighted by Gasteiger charge is 2.35. The molecule has 0 radical (unpaired) electrons. The molecule has 0 aliphatic carbocycles. The summed E-state index contributed by atoms with van der Waals surface area (Å²) < 4.78 is 17.2. The number of rotatable bonds is 16. The first kappa shape index (κ1) is 22.9. The molecule has 0 fully saturated rings. The standard InChI is InChI=1S/C21H36O5/c1-4-7-14-23-17-21(26-22,18-24-15-8-5-2)19-10-12-20(13-11-19)25-16-9-6-3/h10-13,22H,4-9,14-18H2,1-3H3. The van der Waals surface area contributed by atoms with Gasteiger partial charge in [0.05, 0.1) is 19.8 Å². The molecule has 1 rings (SSSR count). The highest BCUT2D eigenvalue weighted by atomic mass is 17.1. The normalized spacial score (nSPS) is 11.7. The van der Waals surface area contributed by atoms with Crippen molar-refractivity contribution in [1.82, 2.24) is 0 Å². The molecule has 0 spiro atoms. The molecule has 0 heterocycles. The highest BCUT2D eigenvalue weighted by molar-refractivity contribution is 5.31. The van der Waals surface area contributed by atoms with Gasteiger partial charge < -0.3 is 14.2 Å². The van der Waals surface area contributed by atoms with Crippen LogP contribution in [0.1, 0.15) is 64.9 Å². The summed E-state index contributed by atoms with van der Waals surface area (Å²) in [5, 5.41) is 9.69. The Morgan fingerprint density at radius 3 is 1.73 bits per heavy atom. The summed E-state index contributed by atoms with van der Waals surface area (Å²) in [6, 6.07) is 7.61. The summed E-state index contributed by atoms with van der Waals surface area (Å²) in [7, 11) is 0. The summed E-state index contributed by atoms with van der Waals surface area (Å²) >= 11 is 0. The zero-order valence-electron chi connectivity index (χ0n) is 16.7. The molecule has 0 saturated heterocycles. The summed E-state index contributed by atoms with van der Waals surface area (Å²) in [4.78, 5) is 4.93. The van der Waals surface area contributed by atoms with E-state index in [1.165, 1.54) is 0 Å². The van der Waals surface area contributed by atoms with Crippen LogP contribution in [-0.4, -0.2) is 38.3 Å². The Bertz CT molecular complexity index is 434. The summed E-state index contributed by atoms with van der Waals surface area (Å²) in [6.45, 7) is 8.82. The van der Waals surface area contributed by atoms with Gasteiger partial charge in [-0.05, 0) is 37.0 Å². The fourth-order valence-electron chi connectivity index (χ4n) is 2.47. The second-order valence-corrected chi connectivity index (χ2v) is 6.62. The Hall–Kier alpha value is -1.14. The van der Waals surface area contributed by atoms with Crippen LogP contribution in [-0.2, 0) is 20.0 Å². The predicted molar refractivity (Wildman–Crippen MR) is 104 cm³/mol. The fourth-order valence-corrected chi connectivity index (χ4v) is 2.47. The predicted octanol–water partition coefficient (Wildman–Crippen LogP) is 5.18. The van der Waals surface area contributed by atoms with Crippen molar-refractivity contribution in [3.63, 3.8) is 0 Å². The molecule has 0 aliphatic rings. The first-order valence-corrected chi connectivity index (χ1v) is 9.93. The van der Waals surface area contributed by atoms with Gasteiger partial charge in [0.1, 0.15) is 5.75 Å². The molecule has 5 nitrogen and oxygen atoms in total. The Morgan fingerprint density at radius 1 is 0.769 bits per heavy atom. The van der Waals surface area contributed by atoms with E-state index in [2.05, 4.69) is 20.8 Å². The van der Waals surface area contributed by atoms with Crippen molar-refractivity contribution in [1.29, 1.82) is 0 Å². The number of unbranched alkanes of at least 4 members (excludes halogenated alkanes) is 3. The third-order valence-corrected chi connectivity index (χ3v) is 4.28. The van der Waals surface area contributed by atoms with E-state index in [-0.39, 0.29) is 13.2 Å². The Balaban J connectivity index is 2.79. The van der Waals surface area contributed by atoms with Crippen LogP contribution < -0.4 is 4.74 Å². The van der Waals surface area contributed by atoms with Gasteiger partial charge in [0.2, 0.25) is 0 Å². The largest absolute Gasteiger partial charge is 0.494 e. The van der Waals surface area contributed by atoms with Crippen LogP contribution in [0.15, 0.2) is 24.3 Å². The van der Waals surface area contributed by atoms with Crippen LogP contribution in [0.2, 0.25) is 0 Å². The molecule has 0 aliphatic heterocycles. The molecule has 0 atom stereocenters. The number of benzene rings is 1. The SMILES string of the molecule is CCCCOCC(COCCCC)(OO)c1ccc(OCCCC)cc1. The third kappa shape index (κ3) is 8.04. The molecule has 1 aromatic rings. The lowest BCUT2D eigenvalue weighted by Gasteiger charge is -2.30. The lowest BCUT2D eigenvalue weighted by molar-refractivity contribution is -0.349. The molecule has 1 N–H and O–H groups in total. The van der Waals surface area contributed by atoms with E-state index in [9.17, 15) is 5.26 Å². The Kier molecular flexibility index (Phi) is 12.3. The van der Waals surface area contributed by atoms with Gasteiger partial charge in [-0.25, -0.2) is 4.89 Å². The molecular weight excluding hydrogens is 332 g/mol. The smallest absolute Gasteiger partial charge is 0.174 e. The quantitative estimate of drug-likeness (QED) is 0.247. The number of ether oxygens (including phenoxy) is 3. The van der Waals surface area contributed by atoms with Crippen LogP contribution in [0.5, 0.6) is 5.75 Å². The number of hydrogen-bond donors (Lipinski definition) is 1.